The number of carbonyl (C=O) groups is 4. The Balaban J connectivity index is 1.60. The number of hydroxylamine groups is 2. The van der Waals surface area contributed by atoms with E-state index in [1.54, 1.807) is 20.8 Å². The van der Waals surface area contributed by atoms with Crippen LogP contribution in [-0.4, -0.2) is 58.0 Å². The predicted molar refractivity (Wildman–Crippen MR) is 96.4 cm³/mol. The van der Waals surface area contributed by atoms with Crippen molar-refractivity contribution >= 4 is 23.9 Å². The minimum atomic E-state index is -3.17. The van der Waals surface area contributed by atoms with Crippen molar-refractivity contribution in [3.8, 4) is 0 Å². The van der Waals surface area contributed by atoms with E-state index in [1.807, 2.05) is 0 Å². The number of rotatable bonds is 2. The average molecular weight is 422 g/mol. The Morgan fingerprint density at radius 1 is 1.10 bits per heavy atom. The SMILES string of the molecule is CC(C)(C)OC(=O)N1CCC2(CC2(F)F)C1C(=O)ON1C(=O)c2ccccc2C1=O. The van der Waals surface area contributed by atoms with Crippen LogP contribution in [0.4, 0.5) is 13.6 Å². The molecule has 8 nitrogen and oxygen atoms in total. The molecule has 10 heteroatoms. The number of ether oxygens (including phenoxy) is 1. The van der Waals surface area contributed by atoms with Gasteiger partial charge in [-0.3, -0.25) is 14.5 Å². The minimum absolute atomic E-state index is 0.0391. The van der Waals surface area contributed by atoms with Gasteiger partial charge in [-0.15, -0.1) is 0 Å². The van der Waals surface area contributed by atoms with Crippen molar-refractivity contribution in [2.24, 2.45) is 5.41 Å². The van der Waals surface area contributed by atoms with Crippen LogP contribution in [0.5, 0.6) is 0 Å². The molecule has 0 aromatic heterocycles. The van der Waals surface area contributed by atoms with Gasteiger partial charge in [0.25, 0.3) is 17.7 Å². The fraction of sp³-hybridized carbons (Fsp3) is 0.500. The molecule has 0 bridgehead atoms. The summed E-state index contributed by atoms with van der Waals surface area (Å²) in [6.07, 6.45) is -1.66. The lowest BCUT2D eigenvalue weighted by molar-refractivity contribution is -0.177. The van der Waals surface area contributed by atoms with Gasteiger partial charge >= 0.3 is 12.1 Å². The van der Waals surface area contributed by atoms with E-state index in [2.05, 4.69) is 0 Å². The molecule has 0 radical (unpaired) electrons. The maximum absolute atomic E-state index is 14.2. The van der Waals surface area contributed by atoms with Gasteiger partial charge in [0.2, 0.25) is 0 Å². The summed E-state index contributed by atoms with van der Waals surface area (Å²) in [5, 5.41) is 0.257. The number of fused-ring (bicyclic) bond motifs is 1. The Bertz CT molecular complexity index is 937. The second-order valence-electron chi connectivity index (χ2n) is 8.72. The maximum Gasteiger partial charge on any atom is 0.411 e. The second kappa shape index (κ2) is 6.23. The first-order chi connectivity index (χ1) is 13.9. The lowest BCUT2D eigenvalue weighted by Crippen LogP contribution is -2.50. The van der Waals surface area contributed by atoms with Crippen molar-refractivity contribution in [2.45, 2.75) is 51.2 Å². The van der Waals surface area contributed by atoms with Gasteiger partial charge in [0.15, 0.2) is 0 Å². The van der Waals surface area contributed by atoms with E-state index in [0.717, 1.165) is 4.90 Å². The number of hydrogen-bond acceptors (Lipinski definition) is 6. The number of likely N-dealkylation sites (tertiary alicyclic amines) is 1. The van der Waals surface area contributed by atoms with Gasteiger partial charge in [0.1, 0.15) is 11.6 Å². The van der Waals surface area contributed by atoms with Crippen molar-refractivity contribution in [3.63, 3.8) is 0 Å². The molecule has 160 valence electrons. The summed E-state index contributed by atoms with van der Waals surface area (Å²) >= 11 is 0. The molecule has 1 saturated carbocycles. The molecular weight excluding hydrogens is 402 g/mol. The molecule has 2 unspecified atom stereocenters. The molecule has 1 spiro atoms. The highest BCUT2D eigenvalue weighted by molar-refractivity contribution is 6.21. The monoisotopic (exact) mass is 422 g/mol. The molecule has 3 aliphatic rings. The molecule has 1 saturated heterocycles. The highest BCUT2D eigenvalue weighted by Crippen LogP contribution is 2.68. The Kier molecular flexibility index (Phi) is 4.20. The van der Waals surface area contributed by atoms with Crippen LogP contribution in [0.3, 0.4) is 0 Å². The number of nitrogens with zero attached hydrogens (tertiary/aromatic N) is 2. The van der Waals surface area contributed by atoms with Crippen molar-refractivity contribution in [2.75, 3.05) is 6.54 Å². The highest BCUT2D eigenvalue weighted by atomic mass is 19.3. The zero-order valence-electron chi connectivity index (χ0n) is 16.6. The Morgan fingerprint density at radius 2 is 1.63 bits per heavy atom. The quantitative estimate of drug-likeness (QED) is 0.681. The normalized spacial score (nSPS) is 26.8. The topological polar surface area (TPSA) is 93.2 Å². The van der Waals surface area contributed by atoms with Crippen LogP contribution in [0.25, 0.3) is 0 Å². The van der Waals surface area contributed by atoms with Crippen LogP contribution in [0.2, 0.25) is 0 Å². The van der Waals surface area contributed by atoms with Crippen LogP contribution < -0.4 is 0 Å². The molecule has 4 rings (SSSR count). The van der Waals surface area contributed by atoms with E-state index in [0.29, 0.717) is 0 Å². The molecule has 1 aromatic rings. The molecule has 30 heavy (non-hydrogen) atoms. The van der Waals surface area contributed by atoms with Gasteiger partial charge in [-0.2, -0.15) is 0 Å². The highest BCUT2D eigenvalue weighted by Gasteiger charge is 2.80. The molecule has 1 aromatic carbocycles. The average Bonchev–Trinajstić information content (AvgIpc) is 2.92. The van der Waals surface area contributed by atoms with Crippen molar-refractivity contribution in [3.05, 3.63) is 35.4 Å². The Labute approximate surface area is 170 Å². The van der Waals surface area contributed by atoms with E-state index in [4.69, 9.17) is 9.57 Å². The smallest absolute Gasteiger partial charge is 0.411 e. The molecule has 2 aliphatic heterocycles. The zero-order valence-corrected chi connectivity index (χ0v) is 16.6. The van der Waals surface area contributed by atoms with Gasteiger partial charge < -0.3 is 9.57 Å². The first-order valence-electron chi connectivity index (χ1n) is 9.45. The van der Waals surface area contributed by atoms with Crippen LogP contribution in [-0.2, 0) is 14.4 Å². The molecule has 0 N–H and O–H groups in total. The fourth-order valence-electron chi connectivity index (χ4n) is 4.06. The Hall–Kier alpha value is -3.04. The Morgan fingerprint density at radius 3 is 2.10 bits per heavy atom. The van der Waals surface area contributed by atoms with E-state index >= 15 is 0 Å². The lowest BCUT2D eigenvalue weighted by Gasteiger charge is -2.29. The number of hydrogen-bond donors (Lipinski definition) is 0. The maximum atomic E-state index is 14.2. The summed E-state index contributed by atoms with van der Waals surface area (Å²) in [6.45, 7) is 4.68. The number of carbonyl (C=O) groups excluding carboxylic acids is 4. The van der Waals surface area contributed by atoms with Crippen molar-refractivity contribution in [1.82, 2.24) is 9.96 Å². The molecule has 2 fully saturated rings. The third-order valence-electron chi connectivity index (χ3n) is 5.56. The third kappa shape index (κ3) is 2.93. The number of benzene rings is 1. The van der Waals surface area contributed by atoms with E-state index in [9.17, 15) is 28.0 Å². The molecule has 2 atom stereocenters. The lowest BCUT2D eigenvalue weighted by atomic mass is 9.96. The van der Waals surface area contributed by atoms with E-state index in [1.165, 1.54) is 24.3 Å². The van der Waals surface area contributed by atoms with Crippen LogP contribution in [0.15, 0.2) is 24.3 Å². The summed E-state index contributed by atoms with van der Waals surface area (Å²) < 4.78 is 33.7. The first-order valence-corrected chi connectivity index (χ1v) is 9.45. The second-order valence-corrected chi connectivity index (χ2v) is 8.72. The van der Waals surface area contributed by atoms with Gasteiger partial charge in [-0.1, -0.05) is 17.2 Å². The van der Waals surface area contributed by atoms with E-state index in [-0.39, 0.29) is 29.2 Å². The zero-order chi connectivity index (χ0) is 22.1. The van der Waals surface area contributed by atoms with Crippen molar-refractivity contribution in [1.29, 1.82) is 0 Å². The van der Waals surface area contributed by atoms with Crippen LogP contribution >= 0.6 is 0 Å². The standard InChI is InChI=1S/C20H20F2N2O6/c1-18(2,3)29-17(28)23-9-8-19(10-20(19,21)22)13(23)16(27)30-24-14(25)11-6-4-5-7-12(11)15(24)26/h4-7,13H,8-10H2,1-3H3. The molecule has 2 heterocycles. The molecular formula is C20H20F2N2O6. The minimum Gasteiger partial charge on any atom is -0.444 e. The van der Waals surface area contributed by atoms with Crippen LogP contribution in [0, 0.1) is 5.41 Å². The van der Waals surface area contributed by atoms with Gasteiger partial charge in [0, 0.05) is 13.0 Å². The third-order valence-corrected chi connectivity index (χ3v) is 5.56. The van der Waals surface area contributed by atoms with Crippen LogP contribution in [0.1, 0.15) is 54.3 Å². The summed E-state index contributed by atoms with van der Waals surface area (Å²) in [6, 6.07) is 4.18. The number of amides is 3. The molecule has 3 amide bonds. The molecule has 1 aliphatic carbocycles. The first kappa shape index (κ1) is 20.2. The summed E-state index contributed by atoms with van der Waals surface area (Å²) in [4.78, 5) is 56.2. The number of halogens is 2. The van der Waals surface area contributed by atoms with Gasteiger partial charge in [-0.05, 0) is 39.3 Å². The van der Waals surface area contributed by atoms with Gasteiger partial charge in [-0.25, -0.2) is 18.4 Å². The largest absolute Gasteiger partial charge is 0.444 e. The summed E-state index contributed by atoms with van der Waals surface area (Å²) in [7, 11) is 0. The number of imide groups is 1. The summed E-state index contributed by atoms with van der Waals surface area (Å²) in [5.41, 5.74) is -2.62. The predicted octanol–water partition coefficient (Wildman–Crippen LogP) is 2.78. The van der Waals surface area contributed by atoms with Crippen molar-refractivity contribution < 1.29 is 37.5 Å². The van der Waals surface area contributed by atoms with Gasteiger partial charge in [0.05, 0.1) is 16.5 Å². The van der Waals surface area contributed by atoms with E-state index < -0.39 is 53.3 Å². The number of alkyl halides is 2. The summed E-state index contributed by atoms with van der Waals surface area (Å²) in [5.74, 6) is -6.19. The fourth-order valence-corrected chi connectivity index (χ4v) is 4.06.